The Morgan fingerprint density at radius 3 is 2.92 bits per heavy atom. The minimum absolute atomic E-state index is 0.120. The minimum Gasteiger partial charge on any atom is -0.467 e. The van der Waals surface area contributed by atoms with E-state index in [4.69, 9.17) is 4.42 Å². The normalized spacial score (nSPS) is 21.8. The number of carbonyl (C=O) groups is 1. The first-order valence-corrected chi connectivity index (χ1v) is 10.5. The van der Waals surface area contributed by atoms with E-state index < -0.39 is 9.84 Å². The number of furan rings is 1. The van der Waals surface area contributed by atoms with Crippen molar-refractivity contribution < 1.29 is 17.6 Å². The Balaban J connectivity index is 1.60. The van der Waals surface area contributed by atoms with Crippen LogP contribution in [-0.2, 0) is 29.2 Å². The summed E-state index contributed by atoms with van der Waals surface area (Å²) in [6.07, 6.45) is 5.89. The number of nitrogens with one attached hydrogen (secondary N) is 1. The number of rotatable bonds is 4. The fourth-order valence-corrected chi connectivity index (χ4v) is 5.43. The summed E-state index contributed by atoms with van der Waals surface area (Å²) in [6.45, 7) is 0.311. The van der Waals surface area contributed by atoms with Gasteiger partial charge in [-0.05, 0) is 44.2 Å². The van der Waals surface area contributed by atoms with E-state index in [2.05, 4.69) is 10.4 Å². The van der Waals surface area contributed by atoms with Gasteiger partial charge in [-0.15, -0.1) is 0 Å². The molecule has 1 fully saturated rings. The summed E-state index contributed by atoms with van der Waals surface area (Å²) in [4.78, 5) is 12.6. The molecule has 1 amide bonds. The molecule has 134 valence electrons. The molecule has 1 saturated heterocycles. The molecular weight excluding hydrogens is 342 g/mol. The number of hydrogen-bond acceptors (Lipinski definition) is 5. The third kappa shape index (κ3) is 3.22. The minimum atomic E-state index is -2.99. The van der Waals surface area contributed by atoms with E-state index >= 15 is 0 Å². The fraction of sp³-hybridized carbons (Fsp3) is 0.529. The molecule has 8 heteroatoms. The first kappa shape index (κ1) is 16.4. The molecule has 1 aliphatic carbocycles. The van der Waals surface area contributed by atoms with Crippen molar-refractivity contribution >= 4 is 15.7 Å². The van der Waals surface area contributed by atoms with Crippen molar-refractivity contribution in [1.82, 2.24) is 15.1 Å². The van der Waals surface area contributed by atoms with Crippen LogP contribution >= 0.6 is 0 Å². The first-order valence-electron chi connectivity index (χ1n) is 8.65. The summed E-state index contributed by atoms with van der Waals surface area (Å²) >= 11 is 0. The standard InChI is InChI=1S/C17H21N3O4S/c21-17(18-10-13-4-3-8-24-13)16-14-5-1-2-6-15(14)20(19-16)12-7-9-25(22,23)11-12/h3-4,8,12H,1-2,5-7,9-11H2,(H,18,21)/t12-/m0/s1. The van der Waals surface area contributed by atoms with Gasteiger partial charge in [0.2, 0.25) is 0 Å². The van der Waals surface area contributed by atoms with Crippen LogP contribution in [0, 0.1) is 0 Å². The Hall–Kier alpha value is -2.09. The maximum absolute atomic E-state index is 12.6. The molecule has 4 rings (SSSR count). The molecule has 0 radical (unpaired) electrons. The topological polar surface area (TPSA) is 94.2 Å². The second-order valence-corrected chi connectivity index (χ2v) is 8.97. The first-order chi connectivity index (χ1) is 12.0. The van der Waals surface area contributed by atoms with Gasteiger partial charge < -0.3 is 9.73 Å². The summed E-state index contributed by atoms with van der Waals surface area (Å²) in [5.41, 5.74) is 2.45. The van der Waals surface area contributed by atoms with Crippen molar-refractivity contribution in [2.24, 2.45) is 0 Å². The van der Waals surface area contributed by atoms with E-state index in [1.165, 1.54) is 0 Å². The summed E-state index contributed by atoms with van der Waals surface area (Å²) in [5, 5.41) is 7.39. The second-order valence-electron chi connectivity index (χ2n) is 6.74. The quantitative estimate of drug-likeness (QED) is 0.891. The SMILES string of the molecule is O=C(NCc1ccco1)c1nn([C@H]2CCS(=O)(=O)C2)c2c1CCCC2. The molecule has 2 aliphatic rings. The highest BCUT2D eigenvalue weighted by Crippen LogP contribution is 2.31. The average Bonchev–Trinajstić information content (AvgIpc) is 3.30. The van der Waals surface area contributed by atoms with Gasteiger partial charge in [-0.1, -0.05) is 0 Å². The zero-order valence-electron chi connectivity index (χ0n) is 13.9. The molecule has 0 unspecified atom stereocenters. The third-order valence-corrected chi connectivity index (χ3v) is 6.73. The maximum atomic E-state index is 12.6. The maximum Gasteiger partial charge on any atom is 0.272 e. The van der Waals surface area contributed by atoms with Crippen molar-refractivity contribution in [3.63, 3.8) is 0 Å². The van der Waals surface area contributed by atoms with E-state index in [0.29, 0.717) is 24.4 Å². The van der Waals surface area contributed by atoms with Crippen LogP contribution in [0.15, 0.2) is 22.8 Å². The molecule has 0 aromatic carbocycles. The molecule has 1 N–H and O–H groups in total. The molecule has 25 heavy (non-hydrogen) atoms. The monoisotopic (exact) mass is 363 g/mol. The highest BCUT2D eigenvalue weighted by Gasteiger charge is 2.34. The van der Waals surface area contributed by atoms with Crippen molar-refractivity contribution in [2.45, 2.75) is 44.7 Å². The van der Waals surface area contributed by atoms with Gasteiger partial charge in [0, 0.05) is 11.3 Å². The van der Waals surface area contributed by atoms with Gasteiger partial charge in [-0.3, -0.25) is 9.48 Å². The Morgan fingerprint density at radius 1 is 1.36 bits per heavy atom. The average molecular weight is 363 g/mol. The molecule has 2 aromatic heterocycles. The lowest BCUT2D eigenvalue weighted by Crippen LogP contribution is -2.24. The molecule has 0 bridgehead atoms. The summed E-state index contributed by atoms with van der Waals surface area (Å²) in [7, 11) is -2.99. The smallest absolute Gasteiger partial charge is 0.272 e. The van der Waals surface area contributed by atoms with Crippen LogP contribution in [-0.4, -0.2) is 35.6 Å². The Morgan fingerprint density at radius 2 is 2.20 bits per heavy atom. The summed E-state index contributed by atoms with van der Waals surface area (Å²) in [6, 6.07) is 3.43. The number of nitrogens with zero attached hydrogens (tertiary/aromatic N) is 2. The van der Waals surface area contributed by atoms with Crippen molar-refractivity contribution in [1.29, 1.82) is 0 Å². The lowest BCUT2D eigenvalue weighted by molar-refractivity contribution is 0.0941. The van der Waals surface area contributed by atoms with Crippen LogP contribution in [0.2, 0.25) is 0 Å². The number of amides is 1. The number of carbonyl (C=O) groups excluding carboxylic acids is 1. The van der Waals surface area contributed by atoms with E-state index in [-0.39, 0.29) is 23.5 Å². The molecular formula is C17H21N3O4S. The van der Waals surface area contributed by atoms with E-state index in [0.717, 1.165) is 36.9 Å². The Kier molecular flexibility index (Phi) is 4.15. The number of aromatic nitrogens is 2. The van der Waals surface area contributed by atoms with Crippen LogP contribution in [0.3, 0.4) is 0 Å². The molecule has 0 spiro atoms. The van der Waals surface area contributed by atoms with Gasteiger partial charge >= 0.3 is 0 Å². The molecule has 7 nitrogen and oxygen atoms in total. The predicted molar refractivity (Wildman–Crippen MR) is 91.1 cm³/mol. The van der Waals surface area contributed by atoms with Crippen molar-refractivity contribution in [3.05, 3.63) is 41.1 Å². The van der Waals surface area contributed by atoms with Crippen LogP contribution < -0.4 is 5.32 Å². The van der Waals surface area contributed by atoms with Gasteiger partial charge in [0.25, 0.3) is 5.91 Å². The fourth-order valence-electron chi connectivity index (χ4n) is 3.74. The van der Waals surface area contributed by atoms with E-state index in [1.54, 1.807) is 18.4 Å². The van der Waals surface area contributed by atoms with Gasteiger partial charge in [0.05, 0.1) is 30.4 Å². The van der Waals surface area contributed by atoms with Crippen LogP contribution in [0.25, 0.3) is 0 Å². The van der Waals surface area contributed by atoms with Crippen LogP contribution in [0.1, 0.15) is 52.8 Å². The van der Waals surface area contributed by atoms with Crippen molar-refractivity contribution in [3.8, 4) is 0 Å². The zero-order chi connectivity index (χ0) is 17.4. The predicted octanol–water partition coefficient (Wildman–Crippen LogP) is 1.64. The number of hydrogen-bond donors (Lipinski definition) is 1. The molecule has 0 saturated carbocycles. The number of sulfone groups is 1. The second kappa shape index (κ2) is 6.33. The van der Waals surface area contributed by atoms with Crippen molar-refractivity contribution in [2.75, 3.05) is 11.5 Å². The lowest BCUT2D eigenvalue weighted by atomic mass is 9.95. The largest absolute Gasteiger partial charge is 0.467 e. The van der Waals surface area contributed by atoms with Crippen LogP contribution in [0.5, 0.6) is 0 Å². The van der Waals surface area contributed by atoms with E-state index in [1.807, 2.05) is 4.68 Å². The van der Waals surface area contributed by atoms with Crippen LogP contribution in [0.4, 0.5) is 0 Å². The van der Waals surface area contributed by atoms with Gasteiger partial charge in [-0.25, -0.2) is 8.42 Å². The summed E-state index contributed by atoms with van der Waals surface area (Å²) in [5.74, 6) is 0.777. The molecule has 2 aromatic rings. The van der Waals surface area contributed by atoms with E-state index in [9.17, 15) is 13.2 Å². The highest BCUT2D eigenvalue weighted by molar-refractivity contribution is 7.91. The Labute approximate surface area is 146 Å². The van der Waals surface area contributed by atoms with Gasteiger partial charge in [0.15, 0.2) is 15.5 Å². The highest BCUT2D eigenvalue weighted by atomic mass is 32.2. The molecule has 1 atom stereocenters. The molecule has 1 aliphatic heterocycles. The van der Waals surface area contributed by atoms with Gasteiger partial charge in [-0.2, -0.15) is 5.10 Å². The lowest BCUT2D eigenvalue weighted by Gasteiger charge is -2.17. The van der Waals surface area contributed by atoms with Gasteiger partial charge in [0.1, 0.15) is 5.76 Å². The Bertz CT molecular complexity index is 883. The molecule has 3 heterocycles. The zero-order valence-corrected chi connectivity index (χ0v) is 14.7. The third-order valence-electron chi connectivity index (χ3n) is 4.98. The summed E-state index contributed by atoms with van der Waals surface area (Å²) < 4.78 is 30.7. The number of fused-ring (bicyclic) bond motifs is 1.